The number of hydrogen-bond acceptors (Lipinski definition) is 6. The van der Waals surface area contributed by atoms with E-state index in [0.29, 0.717) is 24.1 Å². The minimum atomic E-state index is -1.06. The first-order valence-corrected chi connectivity index (χ1v) is 12.9. The Kier molecular flexibility index (Phi) is 7.33. The number of aryl methyl sites for hydroxylation is 1. The van der Waals surface area contributed by atoms with Crippen LogP contribution in [0.25, 0.3) is 0 Å². The summed E-state index contributed by atoms with van der Waals surface area (Å²) in [7, 11) is 3.06. The molecule has 2 heterocycles. The van der Waals surface area contributed by atoms with Gasteiger partial charge in [-0.05, 0) is 60.2 Å². The summed E-state index contributed by atoms with van der Waals surface area (Å²) in [5, 5.41) is 10.3. The summed E-state index contributed by atoms with van der Waals surface area (Å²) in [6.45, 7) is 2.85. The maximum Gasteiger partial charge on any atom is 0.328 e. The first-order chi connectivity index (χ1) is 15.4. The molecule has 2 atom stereocenters. The summed E-state index contributed by atoms with van der Waals surface area (Å²) >= 11 is 0. The van der Waals surface area contributed by atoms with Gasteiger partial charge in [0.15, 0.2) is 5.78 Å². The summed E-state index contributed by atoms with van der Waals surface area (Å²) < 4.78 is 14.3. The van der Waals surface area contributed by atoms with E-state index < -0.39 is 12.0 Å². The predicted octanol–water partition coefficient (Wildman–Crippen LogP) is 4.90. The van der Waals surface area contributed by atoms with Crippen LogP contribution in [0.4, 0.5) is 4.39 Å². The number of carboxylic acids is 1. The molecule has 168 valence electrons. The normalized spacial score (nSPS) is 22.8. The van der Waals surface area contributed by atoms with Gasteiger partial charge in [0.25, 0.3) is 0 Å². The van der Waals surface area contributed by atoms with Crippen LogP contribution in [-0.2, 0) is 16.1 Å². The molecular weight excluding hydrogens is 447 g/mol. The van der Waals surface area contributed by atoms with Crippen LogP contribution in [0.3, 0.4) is 0 Å². The molecular formula is C24H25FN2O3S2. The Morgan fingerprint density at radius 3 is 2.69 bits per heavy atom. The number of likely N-dealkylation sites (tertiary alicyclic amines) is 1. The third-order valence-electron chi connectivity index (χ3n) is 5.81. The molecule has 32 heavy (non-hydrogen) atoms. The van der Waals surface area contributed by atoms with Crippen molar-refractivity contribution >= 4 is 33.3 Å². The average Bonchev–Trinajstić information content (AvgIpc) is 3.60. The Labute approximate surface area is 194 Å². The SMILES string of the molecule is Cc1cccnc1SSC1CCN(Cc2ccccc2F)C(C(=O)C2CC2)/C1=C/C(=O)O. The van der Waals surface area contributed by atoms with Crippen molar-refractivity contribution in [3.8, 4) is 0 Å². The summed E-state index contributed by atoms with van der Waals surface area (Å²) in [4.78, 5) is 31.4. The monoisotopic (exact) mass is 472 g/mol. The van der Waals surface area contributed by atoms with Gasteiger partial charge in [-0.1, -0.05) is 35.1 Å². The van der Waals surface area contributed by atoms with E-state index in [-0.39, 0.29) is 29.3 Å². The minimum absolute atomic E-state index is 0.0326. The van der Waals surface area contributed by atoms with Gasteiger partial charge in [0.2, 0.25) is 0 Å². The fourth-order valence-corrected chi connectivity index (χ4v) is 6.78. The van der Waals surface area contributed by atoms with Gasteiger partial charge in [0.05, 0.1) is 6.04 Å². The second-order valence-corrected chi connectivity index (χ2v) is 10.6. The molecule has 5 nitrogen and oxygen atoms in total. The van der Waals surface area contributed by atoms with Crippen molar-refractivity contribution in [2.75, 3.05) is 6.54 Å². The number of ketones is 1. The molecule has 1 aromatic heterocycles. The zero-order chi connectivity index (χ0) is 22.7. The number of aromatic nitrogens is 1. The Morgan fingerprint density at radius 2 is 2.00 bits per heavy atom. The number of carboxylic acid groups (broad SMARTS) is 1. The third kappa shape index (κ3) is 5.42. The second kappa shape index (κ2) is 10.2. The molecule has 0 spiro atoms. The van der Waals surface area contributed by atoms with Gasteiger partial charge in [-0.3, -0.25) is 9.69 Å². The van der Waals surface area contributed by atoms with Gasteiger partial charge < -0.3 is 5.11 Å². The van der Waals surface area contributed by atoms with Crippen molar-refractivity contribution in [2.45, 2.75) is 49.0 Å². The standard InChI is InChI=1S/C24H25FN2O3S2/c1-15-5-4-11-26-24(15)32-31-20-10-12-27(14-17-6-2-3-7-19(17)25)22(18(20)13-21(28)29)23(30)16-8-9-16/h2-7,11,13,16,20,22H,8-10,12,14H2,1H3,(H,28,29)/b18-13+. The minimum Gasteiger partial charge on any atom is -0.478 e. The summed E-state index contributed by atoms with van der Waals surface area (Å²) in [5.41, 5.74) is 2.17. The molecule has 2 aromatic rings. The zero-order valence-corrected chi connectivity index (χ0v) is 19.4. The van der Waals surface area contributed by atoms with Crippen LogP contribution in [0.15, 0.2) is 59.3 Å². The van der Waals surface area contributed by atoms with Crippen LogP contribution < -0.4 is 0 Å². The van der Waals surface area contributed by atoms with Gasteiger partial charge in [0.1, 0.15) is 10.8 Å². The smallest absolute Gasteiger partial charge is 0.328 e. The topological polar surface area (TPSA) is 70.5 Å². The lowest BCUT2D eigenvalue weighted by Crippen LogP contribution is -2.50. The fourth-order valence-electron chi connectivity index (χ4n) is 4.00. The van der Waals surface area contributed by atoms with E-state index in [4.69, 9.17) is 0 Å². The fraction of sp³-hybridized carbons (Fsp3) is 0.375. The van der Waals surface area contributed by atoms with E-state index in [9.17, 15) is 19.1 Å². The molecule has 2 aliphatic rings. The highest BCUT2D eigenvalue weighted by molar-refractivity contribution is 8.77. The van der Waals surface area contributed by atoms with Crippen molar-refractivity contribution in [1.82, 2.24) is 9.88 Å². The van der Waals surface area contributed by atoms with Gasteiger partial charge in [-0.2, -0.15) is 0 Å². The number of Topliss-reactive ketones (excluding diaryl/α,β-unsaturated/α-hetero) is 1. The third-order valence-corrected chi connectivity index (χ3v) is 8.69. The lowest BCUT2D eigenvalue weighted by Gasteiger charge is -2.40. The number of benzene rings is 1. The quantitative estimate of drug-likeness (QED) is 0.433. The molecule has 1 saturated carbocycles. The highest BCUT2D eigenvalue weighted by atomic mass is 33.1. The lowest BCUT2D eigenvalue weighted by molar-refractivity contribution is -0.131. The Bertz CT molecular complexity index is 1040. The Hall–Kier alpha value is -2.16. The van der Waals surface area contributed by atoms with Gasteiger partial charge in [-0.15, -0.1) is 0 Å². The number of nitrogens with zero attached hydrogens (tertiary/aromatic N) is 2. The number of hydrogen-bond donors (Lipinski definition) is 1. The lowest BCUT2D eigenvalue weighted by atomic mass is 9.89. The van der Waals surface area contributed by atoms with Crippen molar-refractivity contribution < 1.29 is 19.1 Å². The maximum absolute atomic E-state index is 14.3. The number of rotatable bonds is 8. The zero-order valence-electron chi connectivity index (χ0n) is 17.7. The summed E-state index contributed by atoms with van der Waals surface area (Å²) in [6, 6.07) is 9.77. The number of carbonyl (C=O) groups is 2. The molecule has 4 rings (SSSR count). The van der Waals surface area contributed by atoms with Crippen LogP contribution in [0, 0.1) is 18.7 Å². The van der Waals surface area contributed by atoms with Crippen LogP contribution in [0.5, 0.6) is 0 Å². The van der Waals surface area contributed by atoms with Crippen LogP contribution in [0.2, 0.25) is 0 Å². The van der Waals surface area contributed by atoms with Crippen LogP contribution >= 0.6 is 21.6 Å². The van der Waals surface area contributed by atoms with E-state index in [1.54, 1.807) is 35.2 Å². The summed E-state index contributed by atoms with van der Waals surface area (Å²) in [6.07, 6.45) is 5.28. The van der Waals surface area contributed by atoms with Gasteiger partial charge >= 0.3 is 5.97 Å². The van der Waals surface area contributed by atoms with E-state index in [2.05, 4.69) is 4.98 Å². The Balaban J connectivity index is 1.61. The molecule has 8 heteroatoms. The van der Waals surface area contributed by atoms with Gasteiger partial charge in [-0.25, -0.2) is 14.2 Å². The van der Waals surface area contributed by atoms with Crippen molar-refractivity contribution in [2.24, 2.45) is 5.92 Å². The average molecular weight is 473 g/mol. The number of pyridine rings is 1. The molecule has 1 aliphatic heterocycles. The molecule has 2 fully saturated rings. The highest BCUT2D eigenvalue weighted by Crippen LogP contribution is 2.44. The maximum atomic E-state index is 14.3. The number of halogens is 1. The highest BCUT2D eigenvalue weighted by Gasteiger charge is 2.44. The number of carbonyl (C=O) groups excluding carboxylic acids is 1. The molecule has 0 amide bonds. The van der Waals surface area contributed by atoms with E-state index in [1.807, 2.05) is 24.0 Å². The predicted molar refractivity (Wildman–Crippen MR) is 125 cm³/mol. The van der Waals surface area contributed by atoms with Gasteiger partial charge in [0, 0.05) is 42.1 Å². The van der Waals surface area contributed by atoms with Crippen molar-refractivity contribution in [1.29, 1.82) is 0 Å². The van der Waals surface area contributed by atoms with Crippen LogP contribution in [0.1, 0.15) is 30.4 Å². The molecule has 2 unspecified atom stereocenters. The van der Waals surface area contributed by atoms with Crippen molar-refractivity contribution in [3.63, 3.8) is 0 Å². The van der Waals surface area contributed by atoms with E-state index in [0.717, 1.165) is 23.4 Å². The Morgan fingerprint density at radius 1 is 1.22 bits per heavy atom. The molecule has 1 saturated heterocycles. The molecule has 1 N–H and O–H groups in total. The summed E-state index contributed by atoms with van der Waals surface area (Å²) in [5.74, 6) is -1.36. The van der Waals surface area contributed by atoms with Crippen LogP contribution in [-0.4, -0.2) is 44.6 Å². The van der Waals surface area contributed by atoms with Crippen molar-refractivity contribution in [3.05, 3.63) is 71.2 Å². The molecule has 0 bridgehead atoms. The first-order valence-electron chi connectivity index (χ1n) is 10.6. The molecule has 1 aliphatic carbocycles. The molecule has 0 radical (unpaired) electrons. The second-order valence-electron chi connectivity index (χ2n) is 8.21. The molecule has 1 aromatic carbocycles. The van der Waals surface area contributed by atoms with E-state index in [1.165, 1.54) is 22.9 Å². The number of aliphatic carboxylic acids is 1. The largest absolute Gasteiger partial charge is 0.478 e. The number of piperidine rings is 1. The van der Waals surface area contributed by atoms with E-state index >= 15 is 0 Å². The first kappa shape index (κ1) is 23.0.